The third kappa shape index (κ3) is 3.25. The van der Waals surface area contributed by atoms with E-state index in [0.29, 0.717) is 6.61 Å². The van der Waals surface area contributed by atoms with Crippen molar-refractivity contribution in [3.63, 3.8) is 0 Å². The Kier molecular flexibility index (Phi) is 3.85. The summed E-state index contributed by atoms with van der Waals surface area (Å²) >= 11 is 0. The number of aliphatic hydroxyl groups excluding tert-OH is 1. The van der Waals surface area contributed by atoms with Gasteiger partial charge in [-0.2, -0.15) is 0 Å². The molecule has 2 N–H and O–H groups in total. The van der Waals surface area contributed by atoms with Crippen molar-refractivity contribution in [2.45, 2.75) is 19.6 Å². The van der Waals surface area contributed by atoms with Crippen LogP contribution in [-0.4, -0.2) is 10.2 Å². The Balaban J connectivity index is 1.95. The predicted molar refractivity (Wildman–Crippen MR) is 69.5 cm³/mol. The number of benzene rings is 2. The van der Waals surface area contributed by atoms with Gasteiger partial charge in [0.25, 0.3) is 0 Å². The molecule has 0 bridgehead atoms. The minimum absolute atomic E-state index is 0.250. The number of ether oxygens (including phenoxy) is 1. The highest BCUT2D eigenvalue weighted by Gasteiger charge is 2.01. The van der Waals surface area contributed by atoms with Crippen LogP contribution in [0, 0.1) is 0 Å². The Morgan fingerprint density at radius 1 is 1.00 bits per heavy atom. The second-order valence-electron chi connectivity index (χ2n) is 4.20. The van der Waals surface area contributed by atoms with E-state index < -0.39 is 6.10 Å². The molecule has 0 aliphatic heterocycles. The van der Waals surface area contributed by atoms with Crippen molar-refractivity contribution >= 4 is 0 Å². The maximum Gasteiger partial charge on any atom is 0.119 e. The Morgan fingerprint density at radius 3 is 2.17 bits per heavy atom. The average molecular weight is 244 g/mol. The second-order valence-corrected chi connectivity index (χ2v) is 4.20. The van der Waals surface area contributed by atoms with Crippen molar-refractivity contribution < 1.29 is 14.9 Å². The summed E-state index contributed by atoms with van der Waals surface area (Å²) in [4.78, 5) is 0. The number of aliphatic hydroxyl groups is 1. The minimum atomic E-state index is -0.462. The Bertz CT molecular complexity index is 486. The molecule has 1 atom stereocenters. The molecule has 18 heavy (non-hydrogen) atoms. The van der Waals surface area contributed by atoms with E-state index in [2.05, 4.69) is 0 Å². The van der Waals surface area contributed by atoms with Gasteiger partial charge in [0.2, 0.25) is 0 Å². The number of phenolic OH excluding ortho intramolecular Hbond substituents is 1. The highest BCUT2D eigenvalue weighted by Crippen LogP contribution is 2.18. The van der Waals surface area contributed by atoms with Gasteiger partial charge in [-0.3, -0.25) is 0 Å². The van der Waals surface area contributed by atoms with Crippen LogP contribution in [0.25, 0.3) is 0 Å². The molecule has 2 aromatic rings. The molecule has 0 amide bonds. The average Bonchev–Trinajstić information content (AvgIpc) is 2.38. The molecule has 94 valence electrons. The Labute approximate surface area is 106 Å². The molecule has 0 aromatic heterocycles. The van der Waals surface area contributed by atoms with Crippen LogP contribution in [0.2, 0.25) is 0 Å². The summed E-state index contributed by atoms with van der Waals surface area (Å²) in [6.45, 7) is 2.18. The first-order valence-electron chi connectivity index (χ1n) is 5.84. The zero-order valence-electron chi connectivity index (χ0n) is 10.2. The van der Waals surface area contributed by atoms with E-state index in [9.17, 15) is 5.11 Å². The lowest BCUT2D eigenvalue weighted by Gasteiger charge is -2.08. The number of hydrogen-bond donors (Lipinski definition) is 2. The standard InChI is InChI=1S/C15H16O3/c1-11(16)13-4-8-15(9-5-13)18-10-12-2-6-14(17)7-3-12/h2-9,11,16-17H,10H2,1H3. The van der Waals surface area contributed by atoms with Crippen molar-refractivity contribution in [1.82, 2.24) is 0 Å². The summed E-state index contributed by atoms with van der Waals surface area (Å²) < 4.78 is 5.60. The molecule has 2 rings (SSSR count). The Morgan fingerprint density at radius 2 is 1.61 bits per heavy atom. The van der Waals surface area contributed by atoms with E-state index in [1.807, 2.05) is 36.4 Å². The molecule has 0 aliphatic rings. The molecule has 3 heteroatoms. The number of phenols is 1. The molecular weight excluding hydrogens is 228 g/mol. The first-order chi connectivity index (χ1) is 8.65. The van der Waals surface area contributed by atoms with Gasteiger partial charge in [0.1, 0.15) is 18.1 Å². The molecule has 0 radical (unpaired) electrons. The first-order valence-corrected chi connectivity index (χ1v) is 5.84. The highest BCUT2D eigenvalue weighted by molar-refractivity contribution is 5.29. The van der Waals surface area contributed by atoms with Gasteiger partial charge in [-0.05, 0) is 42.3 Å². The van der Waals surface area contributed by atoms with Crippen LogP contribution < -0.4 is 4.74 Å². The fourth-order valence-corrected chi connectivity index (χ4v) is 1.60. The number of rotatable bonds is 4. The number of hydrogen-bond acceptors (Lipinski definition) is 3. The zero-order valence-corrected chi connectivity index (χ0v) is 10.2. The van der Waals surface area contributed by atoms with Gasteiger partial charge in [0.05, 0.1) is 6.10 Å². The molecule has 0 heterocycles. The van der Waals surface area contributed by atoms with Gasteiger partial charge in [-0.15, -0.1) is 0 Å². The molecule has 0 saturated carbocycles. The molecule has 0 aliphatic carbocycles. The van der Waals surface area contributed by atoms with E-state index >= 15 is 0 Å². The maximum absolute atomic E-state index is 9.38. The fraction of sp³-hybridized carbons (Fsp3) is 0.200. The minimum Gasteiger partial charge on any atom is -0.508 e. The van der Waals surface area contributed by atoms with E-state index in [0.717, 1.165) is 16.9 Å². The zero-order chi connectivity index (χ0) is 13.0. The van der Waals surface area contributed by atoms with Crippen molar-refractivity contribution in [3.05, 3.63) is 59.7 Å². The molecule has 0 fully saturated rings. The van der Waals surface area contributed by atoms with Crippen LogP contribution in [0.15, 0.2) is 48.5 Å². The van der Waals surface area contributed by atoms with Crippen molar-refractivity contribution in [3.8, 4) is 11.5 Å². The summed E-state index contributed by atoms with van der Waals surface area (Å²) in [5.74, 6) is 1.01. The summed E-state index contributed by atoms with van der Waals surface area (Å²) in [7, 11) is 0. The van der Waals surface area contributed by atoms with Gasteiger partial charge in [-0.1, -0.05) is 24.3 Å². The van der Waals surface area contributed by atoms with Gasteiger partial charge < -0.3 is 14.9 Å². The van der Waals surface area contributed by atoms with Gasteiger partial charge in [0.15, 0.2) is 0 Å². The summed E-state index contributed by atoms with van der Waals surface area (Å²) in [6, 6.07) is 14.3. The lowest BCUT2D eigenvalue weighted by molar-refractivity contribution is 0.199. The molecule has 0 spiro atoms. The maximum atomic E-state index is 9.38. The fourth-order valence-electron chi connectivity index (χ4n) is 1.60. The van der Waals surface area contributed by atoms with Crippen LogP contribution in [0.1, 0.15) is 24.2 Å². The molecule has 2 aromatic carbocycles. The van der Waals surface area contributed by atoms with Crippen molar-refractivity contribution in [1.29, 1.82) is 0 Å². The lowest BCUT2D eigenvalue weighted by Crippen LogP contribution is -1.96. The topological polar surface area (TPSA) is 49.7 Å². The first kappa shape index (κ1) is 12.5. The SMILES string of the molecule is CC(O)c1ccc(OCc2ccc(O)cc2)cc1. The summed E-state index contributed by atoms with van der Waals surface area (Å²) in [5, 5.41) is 18.5. The summed E-state index contributed by atoms with van der Waals surface area (Å²) in [6.07, 6.45) is -0.462. The van der Waals surface area contributed by atoms with Gasteiger partial charge >= 0.3 is 0 Å². The van der Waals surface area contributed by atoms with Crippen molar-refractivity contribution in [2.75, 3.05) is 0 Å². The predicted octanol–water partition coefficient (Wildman–Crippen LogP) is 3.02. The third-order valence-corrected chi connectivity index (χ3v) is 2.70. The van der Waals surface area contributed by atoms with E-state index in [1.54, 1.807) is 19.1 Å². The second kappa shape index (κ2) is 5.56. The van der Waals surface area contributed by atoms with Crippen molar-refractivity contribution in [2.24, 2.45) is 0 Å². The van der Waals surface area contributed by atoms with Crippen LogP contribution in [0.5, 0.6) is 11.5 Å². The molecule has 1 unspecified atom stereocenters. The van der Waals surface area contributed by atoms with Gasteiger partial charge in [0, 0.05) is 0 Å². The van der Waals surface area contributed by atoms with Crippen LogP contribution in [0.3, 0.4) is 0 Å². The Hall–Kier alpha value is -2.00. The molecule has 3 nitrogen and oxygen atoms in total. The number of aromatic hydroxyl groups is 1. The van der Waals surface area contributed by atoms with E-state index in [1.165, 1.54) is 0 Å². The van der Waals surface area contributed by atoms with Crippen LogP contribution in [0.4, 0.5) is 0 Å². The normalized spacial score (nSPS) is 12.1. The van der Waals surface area contributed by atoms with E-state index in [4.69, 9.17) is 9.84 Å². The van der Waals surface area contributed by atoms with Crippen LogP contribution >= 0.6 is 0 Å². The highest BCUT2D eigenvalue weighted by atomic mass is 16.5. The third-order valence-electron chi connectivity index (χ3n) is 2.70. The smallest absolute Gasteiger partial charge is 0.119 e. The quantitative estimate of drug-likeness (QED) is 0.869. The van der Waals surface area contributed by atoms with Crippen LogP contribution in [-0.2, 0) is 6.61 Å². The monoisotopic (exact) mass is 244 g/mol. The summed E-state index contributed by atoms with van der Waals surface area (Å²) in [5.41, 5.74) is 1.86. The van der Waals surface area contributed by atoms with Gasteiger partial charge in [-0.25, -0.2) is 0 Å². The lowest BCUT2D eigenvalue weighted by atomic mass is 10.1. The molecule has 0 saturated heterocycles. The largest absolute Gasteiger partial charge is 0.508 e. The van der Waals surface area contributed by atoms with E-state index in [-0.39, 0.29) is 5.75 Å². The molecular formula is C15H16O3.